The molecule has 0 aliphatic carbocycles. The predicted molar refractivity (Wildman–Crippen MR) is 111 cm³/mol. The molecular weight excluding hydrogens is 382 g/mol. The van der Waals surface area contributed by atoms with Crippen LogP contribution in [0.15, 0.2) is 58.4 Å². The van der Waals surface area contributed by atoms with Crippen molar-refractivity contribution < 1.29 is 23.8 Å². The van der Waals surface area contributed by atoms with E-state index in [1.807, 2.05) is 24.3 Å². The van der Waals surface area contributed by atoms with Crippen LogP contribution < -0.4 is 0 Å². The third kappa shape index (κ3) is 3.67. The quantitative estimate of drug-likeness (QED) is 0.744. The molecule has 1 saturated heterocycles. The number of Topliss-reactive ketones (excluding diaryl/α,β-unsaturated/α-hetero) is 1. The molecule has 158 valence electrons. The van der Waals surface area contributed by atoms with E-state index in [4.69, 9.17) is 9.15 Å². The zero-order valence-corrected chi connectivity index (χ0v) is 17.6. The van der Waals surface area contributed by atoms with Crippen molar-refractivity contribution in [1.82, 2.24) is 4.90 Å². The highest BCUT2D eigenvalue weighted by Gasteiger charge is 2.45. The van der Waals surface area contributed by atoms with Gasteiger partial charge in [-0.3, -0.25) is 9.59 Å². The maximum absolute atomic E-state index is 13.1. The summed E-state index contributed by atoms with van der Waals surface area (Å²) in [6.45, 7) is 7.37. The second-order valence-corrected chi connectivity index (χ2v) is 8.94. The predicted octanol–water partition coefficient (Wildman–Crippen LogP) is 4.33. The van der Waals surface area contributed by atoms with Crippen molar-refractivity contribution in [2.45, 2.75) is 51.2 Å². The molecule has 1 N–H and O–H groups in total. The van der Waals surface area contributed by atoms with Gasteiger partial charge >= 0.3 is 0 Å². The minimum absolute atomic E-state index is 0.0216. The van der Waals surface area contributed by atoms with Crippen LogP contribution in [-0.2, 0) is 14.9 Å². The average Bonchev–Trinajstić information content (AvgIpc) is 3.46. The average molecular weight is 409 g/mol. The summed E-state index contributed by atoms with van der Waals surface area (Å²) in [6.07, 6.45) is 3.09. The van der Waals surface area contributed by atoms with Gasteiger partial charge in [0.2, 0.25) is 5.78 Å². The third-order valence-electron chi connectivity index (χ3n) is 5.81. The van der Waals surface area contributed by atoms with Crippen molar-refractivity contribution in [2.24, 2.45) is 0 Å². The SMILES string of the molecule is CC(C)(C)c1ccc([C@@H]2C(C(=O)c3ccco3)=C(O)C(=O)N2C[C@@H]2CCCO2)cc1. The van der Waals surface area contributed by atoms with E-state index in [9.17, 15) is 14.7 Å². The van der Waals surface area contributed by atoms with Gasteiger partial charge < -0.3 is 19.2 Å². The van der Waals surface area contributed by atoms with Crippen molar-refractivity contribution in [3.8, 4) is 0 Å². The molecule has 2 atom stereocenters. The fourth-order valence-electron chi connectivity index (χ4n) is 4.13. The molecule has 0 radical (unpaired) electrons. The van der Waals surface area contributed by atoms with Crippen LogP contribution in [0.3, 0.4) is 0 Å². The van der Waals surface area contributed by atoms with Gasteiger partial charge in [-0.25, -0.2) is 0 Å². The second kappa shape index (κ2) is 7.76. The summed E-state index contributed by atoms with van der Waals surface area (Å²) in [7, 11) is 0. The molecule has 0 unspecified atom stereocenters. The first-order valence-electron chi connectivity index (χ1n) is 10.3. The maximum atomic E-state index is 13.1. The standard InChI is InChI=1S/C24H27NO5/c1-24(2,3)16-10-8-15(9-11-16)20-19(21(26)18-7-5-13-30-18)22(27)23(28)25(20)14-17-6-4-12-29-17/h5,7-11,13,17,20,27H,4,6,12,14H2,1-3H3/t17-,20+/m0/s1. The molecule has 0 spiro atoms. The number of furan rings is 1. The van der Waals surface area contributed by atoms with Crippen molar-refractivity contribution in [3.05, 3.63) is 70.9 Å². The molecule has 2 aliphatic heterocycles. The number of ketones is 1. The molecule has 1 amide bonds. The molecule has 1 aromatic carbocycles. The number of hydrogen-bond acceptors (Lipinski definition) is 5. The lowest BCUT2D eigenvalue weighted by Crippen LogP contribution is -2.37. The van der Waals surface area contributed by atoms with Gasteiger partial charge in [-0.15, -0.1) is 0 Å². The fraction of sp³-hybridized carbons (Fsp3) is 0.417. The number of amides is 1. The van der Waals surface area contributed by atoms with E-state index in [1.165, 1.54) is 12.3 Å². The van der Waals surface area contributed by atoms with E-state index < -0.39 is 23.5 Å². The number of carbonyl (C=O) groups is 2. The van der Waals surface area contributed by atoms with Crippen LogP contribution >= 0.6 is 0 Å². The Balaban J connectivity index is 1.75. The van der Waals surface area contributed by atoms with Crippen molar-refractivity contribution in [1.29, 1.82) is 0 Å². The minimum atomic E-state index is -0.687. The number of aliphatic hydroxyl groups is 1. The molecule has 6 heteroatoms. The number of ether oxygens (including phenoxy) is 1. The maximum Gasteiger partial charge on any atom is 0.290 e. The van der Waals surface area contributed by atoms with Crippen molar-refractivity contribution in [3.63, 3.8) is 0 Å². The topological polar surface area (TPSA) is 80.0 Å². The summed E-state index contributed by atoms with van der Waals surface area (Å²) in [4.78, 5) is 27.7. The van der Waals surface area contributed by atoms with Gasteiger partial charge in [0.05, 0.1) is 24.0 Å². The Morgan fingerprint density at radius 3 is 2.50 bits per heavy atom. The molecule has 2 aromatic rings. The highest BCUT2D eigenvalue weighted by molar-refractivity contribution is 6.15. The van der Waals surface area contributed by atoms with Gasteiger partial charge in [0.1, 0.15) is 0 Å². The summed E-state index contributed by atoms with van der Waals surface area (Å²) in [5.41, 5.74) is 1.95. The molecule has 1 aromatic heterocycles. The highest BCUT2D eigenvalue weighted by Crippen LogP contribution is 2.40. The van der Waals surface area contributed by atoms with Crippen molar-refractivity contribution >= 4 is 11.7 Å². The number of rotatable bonds is 5. The number of carbonyl (C=O) groups excluding carboxylic acids is 2. The van der Waals surface area contributed by atoms with Gasteiger partial charge in [-0.1, -0.05) is 45.0 Å². The summed E-state index contributed by atoms with van der Waals surface area (Å²) >= 11 is 0. The lowest BCUT2D eigenvalue weighted by atomic mass is 9.85. The highest BCUT2D eigenvalue weighted by atomic mass is 16.5. The lowest BCUT2D eigenvalue weighted by Gasteiger charge is -2.29. The molecule has 2 aliphatic rings. The second-order valence-electron chi connectivity index (χ2n) is 8.94. The first-order valence-corrected chi connectivity index (χ1v) is 10.3. The molecule has 30 heavy (non-hydrogen) atoms. The van der Waals surface area contributed by atoms with Gasteiger partial charge in [0.15, 0.2) is 11.5 Å². The third-order valence-corrected chi connectivity index (χ3v) is 5.81. The molecular formula is C24H27NO5. The number of aliphatic hydroxyl groups excluding tert-OH is 1. The van der Waals surface area contributed by atoms with Crippen molar-refractivity contribution in [2.75, 3.05) is 13.2 Å². The number of nitrogens with zero attached hydrogens (tertiary/aromatic N) is 1. The Hall–Kier alpha value is -2.86. The van der Waals surface area contributed by atoms with Crippen LogP contribution in [0.1, 0.15) is 61.3 Å². The van der Waals surface area contributed by atoms with Crippen LogP contribution in [-0.4, -0.2) is 41.0 Å². The molecule has 6 nitrogen and oxygen atoms in total. The smallest absolute Gasteiger partial charge is 0.290 e. The zero-order chi connectivity index (χ0) is 21.5. The largest absolute Gasteiger partial charge is 0.503 e. The van der Waals surface area contributed by atoms with E-state index in [1.54, 1.807) is 11.0 Å². The van der Waals surface area contributed by atoms with E-state index in [0.717, 1.165) is 24.0 Å². The minimum Gasteiger partial charge on any atom is -0.503 e. The molecule has 0 saturated carbocycles. The Morgan fingerprint density at radius 1 is 1.20 bits per heavy atom. The summed E-state index contributed by atoms with van der Waals surface area (Å²) in [5, 5.41) is 10.7. The van der Waals surface area contributed by atoms with Crippen LogP contribution in [0.5, 0.6) is 0 Å². The Bertz CT molecular complexity index is 960. The number of benzene rings is 1. The monoisotopic (exact) mass is 409 g/mol. The Morgan fingerprint density at radius 2 is 1.93 bits per heavy atom. The van der Waals surface area contributed by atoms with E-state index in [0.29, 0.717) is 13.2 Å². The van der Waals surface area contributed by atoms with Crippen LogP contribution in [0, 0.1) is 0 Å². The summed E-state index contributed by atoms with van der Waals surface area (Å²) in [6, 6.07) is 10.3. The van der Waals surface area contributed by atoms with Gasteiger partial charge in [-0.05, 0) is 41.5 Å². The van der Waals surface area contributed by atoms with Crippen LogP contribution in [0.2, 0.25) is 0 Å². The first-order chi connectivity index (χ1) is 14.3. The zero-order valence-electron chi connectivity index (χ0n) is 17.6. The van der Waals surface area contributed by atoms with E-state index in [-0.39, 0.29) is 22.9 Å². The fourth-order valence-corrected chi connectivity index (χ4v) is 4.13. The van der Waals surface area contributed by atoms with Crippen LogP contribution in [0.25, 0.3) is 0 Å². The Labute approximate surface area is 176 Å². The summed E-state index contributed by atoms with van der Waals surface area (Å²) in [5.74, 6) is -1.45. The summed E-state index contributed by atoms with van der Waals surface area (Å²) < 4.78 is 11.0. The normalized spacial score (nSPS) is 22.2. The van der Waals surface area contributed by atoms with E-state index >= 15 is 0 Å². The molecule has 1 fully saturated rings. The van der Waals surface area contributed by atoms with Gasteiger partial charge in [0.25, 0.3) is 5.91 Å². The van der Waals surface area contributed by atoms with Gasteiger partial charge in [0, 0.05) is 13.2 Å². The lowest BCUT2D eigenvalue weighted by molar-refractivity contribution is -0.131. The molecule has 4 rings (SSSR count). The van der Waals surface area contributed by atoms with E-state index in [2.05, 4.69) is 20.8 Å². The molecule has 0 bridgehead atoms. The van der Waals surface area contributed by atoms with Gasteiger partial charge in [-0.2, -0.15) is 0 Å². The Kier molecular flexibility index (Phi) is 5.28. The number of hydrogen-bond donors (Lipinski definition) is 1. The van der Waals surface area contributed by atoms with Crippen LogP contribution in [0.4, 0.5) is 0 Å². The first kappa shape index (κ1) is 20.4. The molecule has 3 heterocycles.